The van der Waals surface area contributed by atoms with Gasteiger partial charge in [0.2, 0.25) is 0 Å². The van der Waals surface area contributed by atoms with Crippen LogP contribution in [0.5, 0.6) is 5.75 Å². The first-order valence-corrected chi connectivity index (χ1v) is 13.5. The first-order chi connectivity index (χ1) is 18.8. The van der Waals surface area contributed by atoms with Crippen molar-refractivity contribution in [3.8, 4) is 22.6 Å². The van der Waals surface area contributed by atoms with Crippen LogP contribution in [-0.2, 0) is 5.41 Å². The van der Waals surface area contributed by atoms with Crippen LogP contribution in [0.2, 0.25) is 0 Å². The highest BCUT2D eigenvalue weighted by Gasteiger charge is 2.20. The molecule has 39 heavy (non-hydrogen) atoms. The van der Waals surface area contributed by atoms with Gasteiger partial charge in [-0.15, -0.1) is 10.2 Å². The molecule has 0 spiro atoms. The smallest absolute Gasteiger partial charge is 0.287 e. The predicted molar refractivity (Wildman–Crippen MR) is 154 cm³/mol. The van der Waals surface area contributed by atoms with Gasteiger partial charge in [-0.25, -0.2) is 4.68 Å². The van der Waals surface area contributed by atoms with Crippen LogP contribution in [0.15, 0.2) is 85.5 Å². The summed E-state index contributed by atoms with van der Waals surface area (Å²) >= 11 is 0. The molecule has 198 valence electrons. The van der Waals surface area contributed by atoms with E-state index in [4.69, 9.17) is 4.74 Å². The lowest BCUT2D eigenvalue weighted by Gasteiger charge is -2.19. The van der Waals surface area contributed by atoms with Crippen molar-refractivity contribution in [3.63, 3.8) is 0 Å². The Bertz CT molecular complexity index is 1590. The van der Waals surface area contributed by atoms with Gasteiger partial charge in [-0.2, -0.15) is 0 Å². The molecule has 3 aromatic carbocycles. The number of fused-ring (bicyclic) bond motifs is 1. The molecular weight excluding hydrogens is 486 g/mol. The van der Waals surface area contributed by atoms with Gasteiger partial charge in [-0.1, -0.05) is 51.1 Å². The van der Waals surface area contributed by atoms with Gasteiger partial charge < -0.3 is 9.30 Å². The van der Waals surface area contributed by atoms with Crippen molar-refractivity contribution in [1.29, 1.82) is 0 Å². The van der Waals surface area contributed by atoms with E-state index >= 15 is 0 Å². The Morgan fingerprint density at radius 2 is 1.54 bits per heavy atom. The van der Waals surface area contributed by atoms with Crippen molar-refractivity contribution >= 4 is 16.8 Å². The number of benzene rings is 3. The third-order valence-corrected chi connectivity index (χ3v) is 7.47. The van der Waals surface area contributed by atoms with Gasteiger partial charge in [0.05, 0.1) is 11.6 Å². The Morgan fingerprint density at radius 1 is 0.872 bits per heavy atom. The summed E-state index contributed by atoms with van der Waals surface area (Å²) < 4.78 is 9.61. The molecule has 0 atom stereocenters. The molecular formula is C32H33N5O2. The van der Waals surface area contributed by atoms with Gasteiger partial charge in [0, 0.05) is 11.1 Å². The molecule has 1 aliphatic carbocycles. The van der Waals surface area contributed by atoms with E-state index in [0.717, 1.165) is 46.3 Å². The summed E-state index contributed by atoms with van der Waals surface area (Å²) in [6.07, 6.45) is 7.89. The monoisotopic (exact) mass is 519 g/mol. The number of carbonyl (C=O) groups excluding carboxylic acids is 1. The van der Waals surface area contributed by atoms with E-state index in [0.29, 0.717) is 11.8 Å². The van der Waals surface area contributed by atoms with Crippen LogP contribution in [-0.4, -0.2) is 31.5 Å². The largest absolute Gasteiger partial charge is 0.490 e. The summed E-state index contributed by atoms with van der Waals surface area (Å²) in [6, 6.07) is 25.0. The van der Waals surface area contributed by atoms with Crippen LogP contribution in [0.3, 0.4) is 0 Å². The topological polar surface area (TPSA) is 74.0 Å². The predicted octanol–water partition coefficient (Wildman–Crippen LogP) is 6.89. The summed E-state index contributed by atoms with van der Waals surface area (Å²) in [6.45, 7) is 6.66. The molecule has 1 aliphatic rings. The lowest BCUT2D eigenvalue weighted by Crippen LogP contribution is -2.23. The maximum Gasteiger partial charge on any atom is 0.287 e. The highest BCUT2D eigenvalue weighted by molar-refractivity contribution is 6.04. The molecule has 2 aromatic heterocycles. The summed E-state index contributed by atoms with van der Waals surface area (Å²) in [7, 11) is 0. The highest BCUT2D eigenvalue weighted by atomic mass is 16.5. The molecule has 2 heterocycles. The average molecular weight is 520 g/mol. The number of aromatic nitrogens is 4. The fourth-order valence-electron chi connectivity index (χ4n) is 5.31. The summed E-state index contributed by atoms with van der Waals surface area (Å²) in [5.41, 5.74) is 8.84. The molecule has 5 aromatic rings. The molecule has 6 rings (SSSR count). The molecule has 1 amide bonds. The first-order valence-electron chi connectivity index (χ1n) is 13.5. The van der Waals surface area contributed by atoms with E-state index in [2.05, 4.69) is 78.9 Å². The second-order valence-electron chi connectivity index (χ2n) is 11.3. The second kappa shape index (κ2) is 10.1. The molecule has 1 N–H and O–H groups in total. The molecule has 1 fully saturated rings. The molecule has 0 aliphatic heterocycles. The van der Waals surface area contributed by atoms with E-state index in [1.54, 1.807) is 0 Å². The fraction of sp³-hybridized carbons (Fsp3) is 0.281. The van der Waals surface area contributed by atoms with Crippen molar-refractivity contribution in [2.45, 2.75) is 58.0 Å². The van der Waals surface area contributed by atoms with Gasteiger partial charge in [0.15, 0.2) is 0 Å². The zero-order valence-electron chi connectivity index (χ0n) is 22.6. The van der Waals surface area contributed by atoms with E-state index in [9.17, 15) is 4.79 Å². The van der Waals surface area contributed by atoms with Crippen LogP contribution in [0, 0.1) is 0 Å². The lowest BCUT2D eigenvalue weighted by molar-refractivity contribution is 0.100. The van der Waals surface area contributed by atoms with Crippen LogP contribution >= 0.6 is 0 Å². The standard InChI is InChI=1S/C32H33N5O2/c1-32(2,3)25-11-8-22(9-12-25)23-10-17-29-24(18-23)19-30(31(38)35-36-20-33-34-21-36)37(29)26-13-15-28(16-14-26)39-27-6-4-5-7-27/h8-21,27H,4-7H2,1-3H3,(H,35,38). The number of hydrogen-bond acceptors (Lipinski definition) is 4. The second-order valence-corrected chi connectivity index (χ2v) is 11.3. The summed E-state index contributed by atoms with van der Waals surface area (Å²) in [5.74, 6) is 0.604. The third kappa shape index (κ3) is 5.17. The Kier molecular flexibility index (Phi) is 6.43. The van der Waals surface area contributed by atoms with Gasteiger partial charge in [0.1, 0.15) is 24.1 Å². The minimum absolute atomic E-state index is 0.102. The molecule has 7 nitrogen and oxygen atoms in total. The minimum atomic E-state index is -0.256. The molecule has 0 bridgehead atoms. The zero-order chi connectivity index (χ0) is 27.0. The van der Waals surface area contributed by atoms with Crippen LogP contribution < -0.4 is 10.2 Å². The van der Waals surface area contributed by atoms with E-state index in [-0.39, 0.29) is 11.3 Å². The fourth-order valence-corrected chi connectivity index (χ4v) is 5.31. The van der Waals surface area contributed by atoms with Crippen LogP contribution in [0.4, 0.5) is 0 Å². The van der Waals surface area contributed by atoms with Gasteiger partial charge >= 0.3 is 0 Å². The number of amides is 1. The Hall–Kier alpha value is -4.39. The zero-order valence-corrected chi connectivity index (χ0v) is 22.6. The molecule has 0 unspecified atom stereocenters. The first kappa shape index (κ1) is 24.9. The van der Waals surface area contributed by atoms with Crippen molar-refractivity contribution in [1.82, 2.24) is 19.4 Å². The number of nitrogens with zero attached hydrogens (tertiary/aromatic N) is 4. The highest BCUT2D eigenvalue weighted by Crippen LogP contribution is 2.32. The van der Waals surface area contributed by atoms with Crippen LogP contribution in [0.25, 0.3) is 27.7 Å². The maximum absolute atomic E-state index is 13.4. The number of hydrogen-bond donors (Lipinski definition) is 1. The van der Waals surface area contributed by atoms with Crippen molar-refractivity contribution in [2.75, 3.05) is 5.43 Å². The molecule has 0 saturated heterocycles. The summed E-state index contributed by atoms with van der Waals surface area (Å²) in [4.78, 5) is 13.4. The SMILES string of the molecule is CC(C)(C)c1ccc(-c2ccc3c(c2)cc(C(=O)Nn2cnnc2)n3-c2ccc(OC3CCCC3)cc2)cc1. The number of rotatable bonds is 6. The van der Waals surface area contributed by atoms with Crippen molar-refractivity contribution < 1.29 is 9.53 Å². The maximum atomic E-state index is 13.4. The quantitative estimate of drug-likeness (QED) is 0.265. The number of nitrogens with one attached hydrogen (secondary N) is 1. The normalized spacial score (nSPS) is 14.1. The molecule has 1 saturated carbocycles. The van der Waals surface area contributed by atoms with Crippen molar-refractivity contribution in [3.05, 3.63) is 96.7 Å². The third-order valence-electron chi connectivity index (χ3n) is 7.47. The minimum Gasteiger partial charge on any atom is -0.490 e. The number of carbonyl (C=O) groups is 1. The number of ether oxygens (including phenoxy) is 1. The van der Waals surface area contributed by atoms with E-state index in [1.807, 2.05) is 34.9 Å². The molecule has 0 radical (unpaired) electrons. The Labute approximate surface area is 228 Å². The van der Waals surface area contributed by atoms with Crippen LogP contribution in [0.1, 0.15) is 62.5 Å². The van der Waals surface area contributed by atoms with Gasteiger partial charge in [0.25, 0.3) is 5.91 Å². The van der Waals surface area contributed by atoms with Gasteiger partial charge in [-0.3, -0.25) is 10.2 Å². The Balaban J connectivity index is 1.38. The van der Waals surface area contributed by atoms with E-state index in [1.165, 1.54) is 35.7 Å². The van der Waals surface area contributed by atoms with Gasteiger partial charge in [-0.05, 0) is 90.3 Å². The Morgan fingerprint density at radius 3 is 2.21 bits per heavy atom. The van der Waals surface area contributed by atoms with Crippen molar-refractivity contribution in [2.24, 2.45) is 0 Å². The molecule has 7 heteroatoms. The average Bonchev–Trinajstić information content (AvgIpc) is 3.70. The lowest BCUT2D eigenvalue weighted by atomic mass is 9.86. The summed E-state index contributed by atoms with van der Waals surface area (Å²) in [5, 5.41) is 8.55. The van der Waals surface area contributed by atoms with E-state index < -0.39 is 0 Å².